The van der Waals surface area contributed by atoms with E-state index in [2.05, 4.69) is 18.7 Å². The molecule has 1 aromatic rings. The van der Waals surface area contributed by atoms with Crippen LogP contribution in [-0.4, -0.2) is 55.7 Å². The summed E-state index contributed by atoms with van der Waals surface area (Å²) in [6.07, 6.45) is 0.656. The van der Waals surface area contributed by atoms with Crippen LogP contribution >= 0.6 is 23.4 Å². The second-order valence-corrected chi connectivity index (χ2v) is 7.04. The third-order valence-corrected chi connectivity index (χ3v) is 4.59. The van der Waals surface area contributed by atoms with E-state index in [0.29, 0.717) is 12.2 Å². The Morgan fingerprint density at radius 2 is 1.86 bits per heavy atom. The van der Waals surface area contributed by atoms with Crippen molar-refractivity contribution in [3.05, 3.63) is 29.3 Å². The minimum atomic E-state index is 0.328. The van der Waals surface area contributed by atoms with Crippen LogP contribution in [0, 0.1) is 0 Å². The predicted molar refractivity (Wildman–Crippen MR) is 89.4 cm³/mol. The van der Waals surface area contributed by atoms with Crippen LogP contribution < -0.4 is 0 Å². The zero-order chi connectivity index (χ0) is 15.1. The van der Waals surface area contributed by atoms with E-state index in [1.165, 1.54) is 4.90 Å². The molecule has 0 aromatic heterocycles. The Hall–Kier alpha value is -0.260. The molecule has 21 heavy (non-hydrogen) atoms. The summed E-state index contributed by atoms with van der Waals surface area (Å²) in [6.45, 7) is 8.84. The van der Waals surface area contributed by atoms with Gasteiger partial charge in [0.2, 0.25) is 0 Å². The number of ether oxygens (including phenoxy) is 2. The molecule has 2 atom stereocenters. The number of hydrogen-bond acceptors (Lipinski definition) is 4. The van der Waals surface area contributed by atoms with Gasteiger partial charge in [0.05, 0.1) is 25.4 Å². The van der Waals surface area contributed by atoms with Gasteiger partial charge in [0.25, 0.3) is 0 Å². The molecule has 0 unspecified atom stereocenters. The molecule has 0 aliphatic carbocycles. The van der Waals surface area contributed by atoms with E-state index in [4.69, 9.17) is 21.1 Å². The highest BCUT2D eigenvalue weighted by Crippen LogP contribution is 2.19. The Bertz CT molecular complexity index is 405. The topological polar surface area (TPSA) is 21.7 Å². The number of hydrogen-bond donors (Lipinski definition) is 0. The highest BCUT2D eigenvalue weighted by atomic mass is 35.5. The lowest BCUT2D eigenvalue weighted by Gasteiger charge is -2.35. The van der Waals surface area contributed by atoms with Crippen molar-refractivity contribution >= 4 is 23.4 Å². The average Bonchev–Trinajstić information content (AvgIpc) is 2.43. The number of morpholine rings is 1. The molecule has 1 aliphatic heterocycles. The Morgan fingerprint density at radius 1 is 1.19 bits per heavy atom. The summed E-state index contributed by atoms with van der Waals surface area (Å²) in [7, 11) is 0. The molecule has 2 rings (SSSR count). The van der Waals surface area contributed by atoms with Gasteiger partial charge in [0, 0.05) is 35.3 Å². The summed E-state index contributed by atoms with van der Waals surface area (Å²) in [5.41, 5.74) is 0. The van der Waals surface area contributed by atoms with Crippen molar-refractivity contribution in [2.75, 3.05) is 38.6 Å². The van der Waals surface area contributed by atoms with Crippen molar-refractivity contribution in [3.63, 3.8) is 0 Å². The lowest BCUT2D eigenvalue weighted by molar-refractivity contribution is -0.0726. The van der Waals surface area contributed by atoms with Gasteiger partial charge in [0.1, 0.15) is 0 Å². The second kappa shape index (κ2) is 9.01. The predicted octanol–water partition coefficient (Wildman–Crippen LogP) is 3.56. The lowest BCUT2D eigenvalue weighted by Crippen LogP contribution is -2.46. The van der Waals surface area contributed by atoms with E-state index in [9.17, 15) is 0 Å². The van der Waals surface area contributed by atoms with E-state index in [1.807, 2.05) is 24.3 Å². The van der Waals surface area contributed by atoms with Gasteiger partial charge < -0.3 is 9.47 Å². The van der Waals surface area contributed by atoms with Crippen molar-refractivity contribution in [2.24, 2.45) is 0 Å². The molecule has 5 heteroatoms. The monoisotopic (exact) mass is 329 g/mol. The maximum absolute atomic E-state index is 5.86. The van der Waals surface area contributed by atoms with E-state index >= 15 is 0 Å². The van der Waals surface area contributed by atoms with Crippen LogP contribution in [0.5, 0.6) is 0 Å². The first-order valence-electron chi connectivity index (χ1n) is 7.47. The molecule has 1 aromatic carbocycles. The molecule has 3 nitrogen and oxygen atoms in total. The van der Waals surface area contributed by atoms with Gasteiger partial charge in [-0.1, -0.05) is 11.6 Å². The van der Waals surface area contributed by atoms with Crippen LogP contribution in [0.25, 0.3) is 0 Å². The van der Waals surface area contributed by atoms with Crippen LogP contribution in [0.15, 0.2) is 29.2 Å². The van der Waals surface area contributed by atoms with Gasteiger partial charge in [-0.2, -0.15) is 0 Å². The summed E-state index contributed by atoms with van der Waals surface area (Å²) in [4.78, 5) is 3.66. The first-order chi connectivity index (χ1) is 10.1. The zero-order valence-electron chi connectivity index (χ0n) is 12.8. The van der Waals surface area contributed by atoms with Gasteiger partial charge in [-0.3, -0.25) is 4.90 Å². The average molecular weight is 330 g/mol. The maximum atomic E-state index is 5.86. The molecule has 0 spiro atoms. The van der Waals surface area contributed by atoms with Gasteiger partial charge >= 0.3 is 0 Å². The Balaban J connectivity index is 1.53. The van der Waals surface area contributed by atoms with Gasteiger partial charge in [-0.25, -0.2) is 0 Å². The third kappa shape index (κ3) is 6.57. The summed E-state index contributed by atoms with van der Waals surface area (Å²) in [5.74, 6) is 0.970. The molecule has 0 radical (unpaired) electrons. The Morgan fingerprint density at radius 3 is 2.52 bits per heavy atom. The van der Waals surface area contributed by atoms with Crippen molar-refractivity contribution in [3.8, 4) is 0 Å². The quantitative estimate of drug-likeness (QED) is 0.563. The van der Waals surface area contributed by atoms with Crippen LogP contribution in [0.1, 0.15) is 13.8 Å². The lowest BCUT2D eigenvalue weighted by atomic mass is 10.2. The number of halogens is 1. The first kappa shape index (κ1) is 17.1. The van der Waals surface area contributed by atoms with Crippen molar-refractivity contribution in [1.82, 2.24) is 4.90 Å². The summed E-state index contributed by atoms with van der Waals surface area (Å²) in [5, 5.41) is 0.782. The summed E-state index contributed by atoms with van der Waals surface area (Å²) in [6, 6.07) is 7.93. The van der Waals surface area contributed by atoms with Crippen molar-refractivity contribution in [1.29, 1.82) is 0 Å². The van der Waals surface area contributed by atoms with Crippen LogP contribution in [-0.2, 0) is 9.47 Å². The fourth-order valence-electron chi connectivity index (χ4n) is 2.51. The summed E-state index contributed by atoms with van der Waals surface area (Å²) < 4.78 is 11.4. The van der Waals surface area contributed by atoms with Gasteiger partial charge in [-0.15, -0.1) is 11.8 Å². The van der Waals surface area contributed by atoms with E-state index in [0.717, 1.165) is 43.6 Å². The maximum Gasteiger partial charge on any atom is 0.0678 e. The zero-order valence-corrected chi connectivity index (χ0v) is 14.3. The van der Waals surface area contributed by atoms with Crippen LogP contribution in [0.2, 0.25) is 5.02 Å². The van der Waals surface area contributed by atoms with E-state index in [-0.39, 0.29) is 0 Å². The molecular formula is C16H24ClNO2S. The van der Waals surface area contributed by atoms with Crippen molar-refractivity contribution in [2.45, 2.75) is 31.0 Å². The second-order valence-electron chi connectivity index (χ2n) is 5.43. The molecule has 1 heterocycles. The van der Waals surface area contributed by atoms with Crippen molar-refractivity contribution < 1.29 is 9.47 Å². The molecule has 0 saturated carbocycles. The third-order valence-electron chi connectivity index (χ3n) is 3.36. The van der Waals surface area contributed by atoms with Gasteiger partial charge in [-0.05, 0) is 38.1 Å². The standard InChI is InChI=1S/C16H24ClNO2S/c1-13-11-18(12-14(2)20-13)7-8-19-9-10-21-16-5-3-15(17)4-6-16/h3-6,13-14H,7-12H2,1-2H3/t13-,14-/m0/s1. The Labute approximate surface area is 136 Å². The molecule has 0 bridgehead atoms. The molecular weight excluding hydrogens is 306 g/mol. The minimum absolute atomic E-state index is 0.328. The minimum Gasteiger partial charge on any atom is -0.379 e. The smallest absolute Gasteiger partial charge is 0.0678 e. The molecule has 1 aliphatic rings. The fourth-order valence-corrected chi connectivity index (χ4v) is 3.40. The molecule has 1 fully saturated rings. The number of nitrogens with zero attached hydrogens (tertiary/aromatic N) is 1. The Kier molecular flexibility index (Phi) is 7.34. The van der Waals surface area contributed by atoms with E-state index in [1.54, 1.807) is 11.8 Å². The highest BCUT2D eigenvalue weighted by Gasteiger charge is 2.21. The SMILES string of the molecule is C[C@H]1CN(CCOCCSc2ccc(Cl)cc2)C[C@H](C)O1. The first-order valence-corrected chi connectivity index (χ1v) is 8.84. The normalized spacial score (nSPS) is 23.4. The van der Waals surface area contributed by atoms with Crippen LogP contribution in [0.4, 0.5) is 0 Å². The molecule has 0 N–H and O–H groups in total. The number of thioether (sulfide) groups is 1. The largest absolute Gasteiger partial charge is 0.379 e. The number of rotatable bonds is 7. The molecule has 0 amide bonds. The number of benzene rings is 1. The molecule has 1 saturated heterocycles. The fraction of sp³-hybridized carbons (Fsp3) is 0.625. The van der Waals surface area contributed by atoms with E-state index < -0.39 is 0 Å². The molecule has 118 valence electrons. The summed E-state index contributed by atoms with van der Waals surface area (Å²) >= 11 is 7.66. The van der Waals surface area contributed by atoms with Crippen LogP contribution in [0.3, 0.4) is 0 Å². The highest BCUT2D eigenvalue weighted by molar-refractivity contribution is 7.99. The van der Waals surface area contributed by atoms with Gasteiger partial charge in [0.15, 0.2) is 0 Å².